The molecule has 0 N–H and O–H groups in total. The van der Waals surface area contributed by atoms with Crippen molar-refractivity contribution in [1.82, 2.24) is 0 Å². The zero-order valence-corrected chi connectivity index (χ0v) is 23.8. The average molecular weight is 529 g/mol. The normalized spacial score (nSPS) is 36.1. The van der Waals surface area contributed by atoms with Gasteiger partial charge in [0.25, 0.3) is 0 Å². The standard InChI is InChI=1S/C34H50F2O2/c1-3-5-23-6-11-30-21-29(17-16-28(30)20-23)27-14-12-26(13-15-27)25-9-7-24(8-10-25)22-38-32-19-18-31(37-4-2)33(35)34(32)36/h3,5,18-19,23-30H,4,6-17,20-22H2,1-2H3/b5-3+. The van der Waals surface area contributed by atoms with Gasteiger partial charge in [-0.3, -0.25) is 0 Å². The van der Waals surface area contributed by atoms with Crippen molar-refractivity contribution in [2.75, 3.05) is 13.2 Å². The molecule has 0 saturated heterocycles. The van der Waals surface area contributed by atoms with Gasteiger partial charge in [-0.05, 0) is 163 Å². The second-order valence-electron chi connectivity index (χ2n) is 13.1. The Balaban J connectivity index is 1.02. The minimum absolute atomic E-state index is 0.00581. The first-order valence-electron chi connectivity index (χ1n) is 15.9. The first-order valence-corrected chi connectivity index (χ1v) is 15.9. The molecule has 5 rings (SSSR count). The van der Waals surface area contributed by atoms with E-state index in [1.165, 1.54) is 89.2 Å². The maximum Gasteiger partial charge on any atom is 0.204 e. The van der Waals surface area contributed by atoms with Gasteiger partial charge >= 0.3 is 0 Å². The summed E-state index contributed by atoms with van der Waals surface area (Å²) in [6.07, 6.45) is 24.2. The van der Waals surface area contributed by atoms with Crippen molar-refractivity contribution in [1.29, 1.82) is 0 Å². The van der Waals surface area contributed by atoms with Gasteiger partial charge in [-0.15, -0.1) is 0 Å². The van der Waals surface area contributed by atoms with E-state index in [0.29, 0.717) is 19.1 Å². The Morgan fingerprint density at radius 3 is 1.74 bits per heavy atom. The molecule has 4 aliphatic carbocycles. The number of rotatable bonds is 8. The van der Waals surface area contributed by atoms with E-state index in [2.05, 4.69) is 19.1 Å². The number of ether oxygens (including phenoxy) is 2. The molecule has 4 unspecified atom stereocenters. The fourth-order valence-corrected chi connectivity index (χ4v) is 8.85. The monoisotopic (exact) mass is 528 g/mol. The number of hydrogen-bond acceptors (Lipinski definition) is 2. The summed E-state index contributed by atoms with van der Waals surface area (Å²) in [4.78, 5) is 0. The van der Waals surface area contributed by atoms with Crippen LogP contribution in [-0.2, 0) is 0 Å². The number of allylic oxidation sites excluding steroid dienone is 2. The molecular formula is C34H50F2O2. The molecule has 0 spiro atoms. The maximum absolute atomic E-state index is 14.4. The van der Waals surface area contributed by atoms with Crippen molar-refractivity contribution in [3.8, 4) is 11.5 Å². The Morgan fingerprint density at radius 2 is 1.13 bits per heavy atom. The average Bonchev–Trinajstić information content (AvgIpc) is 2.95. The van der Waals surface area contributed by atoms with Crippen molar-refractivity contribution in [3.05, 3.63) is 35.9 Å². The SMILES string of the molecule is C/C=C/C1CCC2CC(C3CCC(C4CCC(COc5ccc(OCC)c(F)c5F)CC4)CC3)CCC2C1. The molecular weight excluding hydrogens is 478 g/mol. The summed E-state index contributed by atoms with van der Waals surface area (Å²) in [7, 11) is 0. The van der Waals surface area contributed by atoms with E-state index >= 15 is 0 Å². The topological polar surface area (TPSA) is 18.5 Å². The predicted octanol–water partition coefficient (Wildman–Crippen LogP) is 9.76. The lowest BCUT2D eigenvalue weighted by atomic mass is 9.60. The second-order valence-corrected chi connectivity index (χ2v) is 13.1. The van der Waals surface area contributed by atoms with Gasteiger partial charge in [0.2, 0.25) is 11.6 Å². The Kier molecular flexibility index (Phi) is 9.70. The van der Waals surface area contributed by atoms with E-state index in [1.807, 2.05) is 0 Å². The zero-order chi connectivity index (χ0) is 26.5. The van der Waals surface area contributed by atoms with Gasteiger partial charge in [-0.2, -0.15) is 8.78 Å². The molecule has 0 aromatic heterocycles. The molecule has 38 heavy (non-hydrogen) atoms. The summed E-state index contributed by atoms with van der Waals surface area (Å²) >= 11 is 0. The van der Waals surface area contributed by atoms with Gasteiger partial charge in [0.15, 0.2) is 11.5 Å². The van der Waals surface area contributed by atoms with E-state index in [0.717, 1.165) is 54.3 Å². The Morgan fingerprint density at radius 1 is 0.658 bits per heavy atom. The summed E-state index contributed by atoms with van der Waals surface area (Å²) < 4.78 is 39.4. The van der Waals surface area contributed by atoms with Crippen LogP contribution in [-0.4, -0.2) is 13.2 Å². The van der Waals surface area contributed by atoms with Crippen molar-refractivity contribution in [3.63, 3.8) is 0 Å². The highest BCUT2D eigenvalue weighted by atomic mass is 19.2. The van der Waals surface area contributed by atoms with Gasteiger partial charge in [-0.1, -0.05) is 12.2 Å². The lowest BCUT2D eigenvalue weighted by Gasteiger charge is -2.46. The highest BCUT2D eigenvalue weighted by Gasteiger charge is 2.39. The smallest absolute Gasteiger partial charge is 0.204 e. The lowest BCUT2D eigenvalue weighted by molar-refractivity contribution is 0.0557. The molecule has 4 aliphatic rings. The molecule has 2 nitrogen and oxygen atoms in total. The third-order valence-electron chi connectivity index (χ3n) is 11.0. The number of fused-ring (bicyclic) bond motifs is 1. The number of hydrogen-bond donors (Lipinski definition) is 0. The summed E-state index contributed by atoms with van der Waals surface area (Å²) in [6.45, 7) is 4.71. The lowest BCUT2D eigenvalue weighted by Crippen LogP contribution is -2.35. The van der Waals surface area contributed by atoms with E-state index in [-0.39, 0.29) is 11.5 Å². The molecule has 1 aromatic rings. The Bertz CT molecular complexity index is 913. The summed E-state index contributed by atoms with van der Waals surface area (Å²) in [5.74, 6) is 5.11. The highest BCUT2D eigenvalue weighted by molar-refractivity contribution is 5.35. The van der Waals surface area contributed by atoms with Crippen molar-refractivity contribution in [2.45, 2.75) is 104 Å². The van der Waals surface area contributed by atoms with Crippen LogP contribution in [0.15, 0.2) is 24.3 Å². The molecule has 1 aromatic carbocycles. The number of halogens is 2. The van der Waals surface area contributed by atoms with Crippen LogP contribution < -0.4 is 9.47 Å². The van der Waals surface area contributed by atoms with E-state index in [4.69, 9.17) is 9.47 Å². The van der Waals surface area contributed by atoms with Crippen LogP contribution in [0.1, 0.15) is 104 Å². The van der Waals surface area contributed by atoms with E-state index < -0.39 is 11.6 Å². The molecule has 0 amide bonds. The minimum atomic E-state index is -0.950. The van der Waals surface area contributed by atoms with Gasteiger partial charge < -0.3 is 9.47 Å². The van der Waals surface area contributed by atoms with Crippen LogP contribution in [0.3, 0.4) is 0 Å². The van der Waals surface area contributed by atoms with E-state index in [9.17, 15) is 8.78 Å². The van der Waals surface area contributed by atoms with Crippen LogP contribution in [0.25, 0.3) is 0 Å². The summed E-state index contributed by atoms with van der Waals surface area (Å²) in [5.41, 5.74) is 0. The van der Waals surface area contributed by atoms with Crippen LogP contribution in [0.2, 0.25) is 0 Å². The Hall–Kier alpha value is -1.58. The van der Waals surface area contributed by atoms with Gasteiger partial charge in [-0.25, -0.2) is 0 Å². The summed E-state index contributed by atoms with van der Waals surface area (Å²) in [5, 5.41) is 0. The highest BCUT2D eigenvalue weighted by Crippen LogP contribution is 2.50. The summed E-state index contributed by atoms with van der Waals surface area (Å²) in [6, 6.07) is 2.96. The molecule has 0 aliphatic heterocycles. The van der Waals surface area contributed by atoms with Gasteiger partial charge in [0.05, 0.1) is 13.2 Å². The van der Waals surface area contributed by atoms with Crippen LogP contribution in [0, 0.1) is 59.0 Å². The molecule has 4 atom stereocenters. The quantitative estimate of drug-likeness (QED) is 0.313. The fraction of sp³-hybridized carbons (Fsp3) is 0.765. The van der Waals surface area contributed by atoms with Crippen molar-refractivity contribution in [2.24, 2.45) is 47.3 Å². The Labute approximate surface area is 229 Å². The fourth-order valence-electron chi connectivity index (χ4n) is 8.85. The molecule has 0 heterocycles. The molecule has 212 valence electrons. The molecule has 4 heteroatoms. The third-order valence-corrected chi connectivity index (χ3v) is 11.0. The van der Waals surface area contributed by atoms with Crippen LogP contribution >= 0.6 is 0 Å². The molecule has 0 bridgehead atoms. The maximum atomic E-state index is 14.4. The third kappa shape index (κ3) is 6.58. The molecule has 4 fully saturated rings. The molecule has 0 radical (unpaired) electrons. The van der Waals surface area contributed by atoms with Crippen molar-refractivity contribution >= 4 is 0 Å². The molecule has 4 saturated carbocycles. The number of benzene rings is 1. The van der Waals surface area contributed by atoms with Gasteiger partial charge in [0.1, 0.15) is 0 Å². The van der Waals surface area contributed by atoms with Crippen LogP contribution in [0.4, 0.5) is 8.78 Å². The van der Waals surface area contributed by atoms with E-state index in [1.54, 1.807) is 6.92 Å². The van der Waals surface area contributed by atoms with Crippen LogP contribution in [0.5, 0.6) is 11.5 Å². The second kappa shape index (κ2) is 13.2. The predicted molar refractivity (Wildman–Crippen MR) is 150 cm³/mol. The largest absolute Gasteiger partial charge is 0.491 e. The first kappa shape index (κ1) is 28.0. The zero-order valence-electron chi connectivity index (χ0n) is 23.8. The van der Waals surface area contributed by atoms with Crippen molar-refractivity contribution < 1.29 is 18.3 Å². The minimum Gasteiger partial charge on any atom is -0.491 e. The van der Waals surface area contributed by atoms with Gasteiger partial charge in [0, 0.05) is 0 Å². The first-order chi connectivity index (χ1) is 18.6.